The number of furan rings is 1. The molecule has 1 aromatic heterocycles. The van der Waals surface area contributed by atoms with Crippen molar-refractivity contribution >= 4 is 29.9 Å². The van der Waals surface area contributed by atoms with Gasteiger partial charge in [0.15, 0.2) is 5.96 Å². The summed E-state index contributed by atoms with van der Waals surface area (Å²) in [6, 6.07) is 3.92. The molecule has 1 aliphatic rings. The van der Waals surface area contributed by atoms with E-state index in [1.165, 1.54) is 12.8 Å². The van der Waals surface area contributed by atoms with Gasteiger partial charge in [0.1, 0.15) is 5.76 Å². The van der Waals surface area contributed by atoms with Crippen LogP contribution < -0.4 is 5.32 Å². The number of hydrogen-bond acceptors (Lipinski definition) is 3. The summed E-state index contributed by atoms with van der Waals surface area (Å²) in [6.07, 6.45) is 6.31. The molecule has 0 unspecified atom stereocenters. The Labute approximate surface area is 156 Å². The number of aliphatic imine (C=N–C) groups is 1. The predicted molar refractivity (Wildman–Crippen MR) is 105 cm³/mol. The minimum atomic E-state index is 0. The minimum absolute atomic E-state index is 0. The highest BCUT2D eigenvalue weighted by Gasteiger charge is 2.21. The van der Waals surface area contributed by atoms with Crippen molar-refractivity contribution in [2.24, 2.45) is 10.9 Å². The van der Waals surface area contributed by atoms with E-state index in [9.17, 15) is 0 Å². The molecular formula is C17H30IN3O2. The third-order valence-electron chi connectivity index (χ3n) is 3.70. The quantitative estimate of drug-likeness (QED) is 0.266. The van der Waals surface area contributed by atoms with Crippen molar-refractivity contribution in [3.63, 3.8) is 0 Å². The van der Waals surface area contributed by atoms with E-state index in [1.807, 2.05) is 12.1 Å². The molecule has 1 aromatic rings. The van der Waals surface area contributed by atoms with Crippen molar-refractivity contribution in [2.75, 3.05) is 39.9 Å². The molecule has 6 heteroatoms. The van der Waals surface area contributed by atoms with Crippen LogP contribution in [0.1, 0.15) is 31.9 Å². The molecule has 0 saturated heterocycles. The first-order valence-corrected chi connectivity index (χ1v) is 8.39. The van der Waals surface area contributed by atoms with Gasteiger partial charge in [-0.25, -0.2) is 0 Å². The van der Waals surface area contributed by atoms with E-state index in [0.29, 0.717) is 0 Å². The Morgan fingerprint density at radius 3 is 2.96 bits per heavy atom. The van der Waals surface area contributed by atoms with Crippen molar-refractivity contribution in [3.05, 3.63) is 24.2 Å². The summed E-state index contributed by atoms with van der Waals surface area (Å²) in [7, 11) is 2.06. The maximum absolute atomic E-state index is 5.71. The van der Waals surface area contributed by atoms with Crippen LogP contribution in [0.3, 0.4) is 0 Å². The lowest BCUT2D eigenvalue weighted by molar-refractivity contribution is 0.115. The van der Waals surface area contributed by atoms with Gasteiger partial charge in [0.2, 0.25) is 0 Å². The first kappa shape index (κ1) is 20.3. The van der Waals surface area contributed by atoms with E-state index in [0.717, 1.165) is 63.3 Å². The largest absolute Gasteiger partial charge is 0.469 e. The van der Waals surface area contributed by atoms with Crippen molar-refractivity contribution in [1.82, 2.24) is 10.2 Å². The second-order valence-corrected chi connectivity index (χ2v) is 5.90. The second kappa shape index (κ2) is 11.7. The van der Waals surface area contributed by atoms with Gasteiger partial charge in [-0.3, -0.25) is 4.99 Å². The first-order valence-electron chi connectivity index (χ1n) is 8.39. The molecule has 2 rings (SSSR count). The Kier molecular flexibility index (Phi) is 10.3. The van der Waals surface area contributed by atoms with Crippen molar-refractivity contribution < 1.29 is 9.15 Å². The fraction of sp³-hybridized carbons (Fsp3) is 0.706. The fourth-order valence-electron chi connectivity index (χ4n) is 2.12. The maximum atomic E-state index is 5.71. The Balaban J connectivity index is 0.00000264. The molecule has 0 aromatic carbocycles. The van der Waals surface area contributed by atoms with Gasteiger partial charge in [-0.15, -0.1) is 24.0 Å². The molecule has 0 atom stereocenters. The number of nitrogens with one attached hydrogen (secondary N) is 1. The monoisotopic (exact) mass is 435 g/mol. The van der Waals surface area contributed by atoms with Gasteiger partial charge >= 0.3 is 0 Å². The average molecular weight is 435 g/mol. The van der Waals surface area contributed by atoms with Crippen LogP contribution in [0.5, 0.6) is 0 Å². The van der Waals surface area contributed by atoms with Gasteiger partial charge in [-0.1, -0.05) is 6.92 Å². The Bertz CT molecular complexity index is 433. The molecule has 1 heterocycles. The van der Waals surface area contributed by atoms with Crippen molar-refractivity contribution in [3.8, 4) is 0 Å². The van der Waals surface area contributed by atoms with Crippen LogP contribution in [0, 0.1) is 5.92 Å². The molecule has 1 N–H and O–H groups in total. The van der Waals surface area contributed by atoms with Crippen molar-refractivity contribution in [2.45, 2.75) is 32.6 Å². The zero-order chi connectivity index (χ0) is 15.6. The van der Waals surface area contributed by atoms with Crippen LogP contribution in [-0.4, -0.2) is 50.8 Å². The minimum Gasteiger partial charge on any atom is -0.469 e. The lowest BCUT2D eigenvalue weighted by Gasteiger charge is -2.22. The summed E-state index contributed by atoms with van der Waals surface area (Å²) in [4.78, 5) is 6.78. The van der Waals surface area contributed by atoms with Crippen molar-refractivity contribution in [1.29, 1.82) is 0 Å². The Hall–Kier alpha value is -0.760. The summed E-state index contributed by atoms with van der Waals surface area (Å²) in [5.74, 6) is 2.77. The number of ether oxygens (including phenoxy) is 1. The third-order valence-corrected chi connectivity index (χ3v) is 3.70. The lowest BCUT2D eigenvalue weighted by atomic mass is 10.3. The summed E-state index contributed by atoms with van der Waals surface area (Å²) < 4.78 is 11.1. The summed E-state index contributed by atoms with van der Waals surface area (Å²) in [5, 5.41) is 3.41. The maximum Gasteiger partial charge on any atom is 0.193 e. The first-order chi connectivity index (χ1) is 10.8. The highest BCUT2D eigenvalue weighted by Crippen LogP contribution is 2.28. The van der Waals surface area contributed by atoms with Crippen LogP contribution in [0.25, 0.3) is 0 Å². The topological polar surface area (TPSA) is 50.0 Å². The molecule has 1 aliphatic carbocycles. The zero-order valence-electron chi connectivity index (χ0n) is 14.3. The molecule has 132 valence electrons. The molecule has 1 fully saturated rings. The summed E-state index contributed by atoms with van der Waals surface area (Å²) in [5.41, 5.74) is 0. The highest BCUT2D eigenvalue weighted by molar-refractivity contribution is 14.0. The van der Waals surface area contributed by atoms with Gasteiger partial charge in [0, 0.05) is 39.7 Å². The van der Waals surface area contributed by atoms with E-state index < -0.39 is 0 Å². The van der Waals surface area contributed by atoms with E-state index in [1.54, 1.807) is 6.26 Å². The molecule has 0 amide bonds. The molecule has 23 heavy (non-hydrogen) atoms. The number of halogens is 1. The van der Waals surface area contributed by atoms with Crippen LogP contribution in [0.4, 0.5) is 0 Å². The van der Waals surface area contributed by atoms with E-state index in [2.05, 4.69) is 29.2 Å². The number of hydrogen-bond donors (Lipinski definition) is 1. The van der Waals surface area contributed by atoms with Gasteiger partial charge < -0.3 is 19.4 Å². The average Bonchev–Trinajstić information content (AvgIpc) is 3.21. The van der Waals surface area contributed by atoms with Gasteiger partial charge in [-0.2, -0.15) is 0 Å². The van der Waals surface area contributed by atoms with E-state index in [-0.39, 0.29) is 24.0 Å². The summed E-state index contributed by atoms with van der Waals surface area (Å²) in [6.45, 7) is 6.35. The summed E-state index contributed by atoms with van der Waals surface area (Å²) >= 11 is 0. The molecule has 0 spiro atoms. The SMILES string of the molecule is CCCN=C(NCCc1ccco1)N(C)CCOCC1CC1.I. The molecular weight excluding hydrogens is 405 g/mol. The van der Waals surface area contributed by atoms with E-state index >= 15 is 0 Å². The molecule has 5 nitrogen and oxygen atoms in total. The van der Waals surface area contributed by atoms with Crippen LogP contribution in [0.2, 0.25) is 0 Å². The van der Waals surface area contributed by atoms with Crippen LogP contribution in [-0.2, 0) is 11.2 Å². The van der Waals surface area contributed by atoms with Crippen LogP contribution in [0.15, 0.2) is 27.8 Å². The van der Waals surface area contributed by atoms with Gasteiger partial charge in [-0.05, 0) is 37.3 Å². The lowest BCUT2D eigenvalue weighted by Crippen LogP contribution is -2.41. The standard InChI is InChI=1S/C17H29N3O2.HI/c1-3-9-18-17(19-10-8-16-5-4-12-22-16)20(2)11-13-21-14-15-6-7-15;/h4-5,12,15H,3,6-11,13-14H2,1-2H3,(H,18,19);1H. The third kappa shape index (κ3) is 8.60. The van der Waals surface area contributed by atoms with Gasteiger partial charge in [0.05, 0.1) is 12.9 Å². The smallest absolute Gasteiger partial charge is 0.193 e. The van der Waals surface area contributed by atoms with E-state index in [4.69, 9.17) is 9.15 Å². The van der Waals surface area contributed by atoms with Gasteiger partial charge in [0.25, 0.3) is 0 Å². The predicted octanol–water partition coefficient (Wildman–Crippen LogP) is 3.15. The Morgan fingerprint density at radius 1 is 1.48 bits per heavy atom. The number of guanidine groups is 1. The zero-order valence-corrected chi connectivity index (χ0v) is 16.6. The molecule has 0 bridgehead atoms. The number of likely N-dealkylation sites (N-methyl/N-ethyl adjacent to an activating group) is 1. The number of nitrogens with zero attached hydrogens (tertiary/aromatic N) is 2. The highest BCUT2D eigenvalue weighted by atomic mass is 127. The Morgan fingerprint density at radius 2 is 2.30 bits per heavy atom. The molecule has 0 aliphatic heterocycles. The second-order valence-electron chi connectivity index (χ2n) is 5.90. The van der Waals surface area contributed by atoms with Crippen LogP contribution >= 0.6 is 24.0 Å². The normalized spacial score (nSPS) is 14.4. The molecule has 1 saturated carbocycles. The molecule has 0 radical (unpaired) electrons. The fourth-order valence-corrected chi connectivity index (χ4v) is 2.12. The number of rotatable bonds is 10.